The van der Waals surface area contributed by atoms with E-state index in [2.05, 4.69) is 35.6 Å². The Morgan fingerprint density at radius 1 is 1.30 bits per heavy atom. The fourth-order valence-electron chi connectivity index (χ4n) is 2.44. The minimum Gasteiger partial charge on any atom is -0.475 e. The number of carboxylic acids is 1. The van der Waals surface area contributed by atoms with Crippen LogP contribution in [0, 0.1) is 12.8 Å². The Morgan fingerprint density at radius 2 is 1.87 bits per heavy atom. The van der Waals surface area contributed by atoms with Crippen molar-refractivity contribution >= 4 is 5.97 Å². The lowest BCUT2D eigenvalue weighted by Gasteiger charge is -2.21. The number of aromatic nitrogens is 2. The van der Waals surface area contributed by atoms with Gasteiger partial charge in [0.2, 0.25) is 0 Å². The summed E-state index contributed by atoms with van der Waals surface area (Å²) in [5.41, 5.74) is 3.81. The van der Waals surface area contributed by atoms with Gasteiger partial charge in [0.15, 0.2) is 0 Å². The molecule has 0 aliphatic carbocycles. The molecule has 0 fully saturated rings. The normalized spacial score (nSPS) is 15.4. The van der Waals surface area contributed by atoms with Crippen molar-refractivity contribution in [1.82, 2.24) is 14.9 Å². The number of carbonyl (C=O) groups is 1. The second-order valence-corrected chi connectivity index (χ2v) is 5.88. The van der Waals surface area contributed by atoms with Crippen LogP contribution in [-0.2, 0) is 17.6 Å². The largest absolute Gasteiger partial charge is 0.490 e. The van der Waals surface area contributed by atoms with Gasteiger partial charge in [-0.25, -0.2) is 14.8 Å². The summed E-state index contributed by atoms with van der Waals surface area (Å²) in [6.45, 7) is 10.1. The average Bonchev–Trinajstić information content (AvgIpc) is 2.62. The van der Waals surface area contributed by atoms with Crippen molar-refractivity contribution in [1.29, 1.82) is 0 Å². The highest BCUT2D eigenvalue weighted by atomic mass is 19.4. The zero-order chi connectivity index (χ0) is 17.6. The third kappa shape index (κ3) is 6.52. The molecule has 1 aliphatic heterocycles. The zero-order valence-electron chi connectivity index (χ0n) is 13.5. The summed E-state index contributed by atoms with van der Waals surface area (Å²) < 4.78 is 31.7. The first-order chi connectivity index (χ1) is 10.6. The van der Waals surface area contributed by atoms with Crippen molar-refractivity contribution in [2.24, 2.45) is 5.92 Å². The van der Waals surface area contributed by atoms with E-state index in [-0.39, 0.29) is 0 Å². The molecule has 0 spiro atoms. The van der Waals surface area contributed by atoms with Gasteiger partial charge in [-0.05, 0) is 24.8 Å². The van der Waals surface area contributed by atoms with Gasteiger partial charge in [-0.15, -0.1) is 0 Å². The number of carboxylic acid groups (broad SMARTS) is 1. The summed E-state index contributed by atoms with van der Waals surface area (Å²) in [4.78, 5) is 20.1. The smallest absolute Gasteiger partial charge is 0.475 e. The van der Waals surface area contributed by atoms with E-state index >= 15 is 0 Å². The lowest BCUT2D eigenvalue weighted by Crippen LogP contribution is -2.30. The maximum absolute atomic E-state index is 10.6. The highest BCUT2D eigenvalue weighted by Crippen LogP contribution is 2.16. The molecule has 0 atom stereocenters. The van der Waals surface area contributed by atoms with E-state index in [0.717, 1.165) is 37.5 Å². The van der Waals surface area contributed by atoms with Gasteiger partial charge < -0.3 is 10.0 Å². The topological polar surface area (TPSA) is 66.3 Å². The summed E-state index contributed by atoms with van der Waals surface area (Å²) >= 11 is 0. The molecule has 0 saturated heterocycles. The molecule has 0 amide bonds. The molecule has 0 bridgehead atoms. The second kappa shape index (κ2) is 8.24. The summed E-state index contributed by atoms with van der Waals surface area (Å²) in [7, 11) is 0. The summed E-state index contributed by atoms with van der Waals surface area (Å²) in [6.07, 6.45) is -1.20. The number of aryl methyl sites for hydroxylation is 1. The van der Waals surface area contributed by atoms with Gasteiger partial charge in [0.1, 0.15) is 6.33 Å². The Balaban J connectivity index is 0.000000322. The highest BCUT2D eigenvalue weighted by molar-refractivity contribution is 5.73. The van der Waals surface area contributed by atoms with Crippen LogP contribution in [0.2, 0.25) is 0 Å². The van der Waals surface area contributed by atoms with Gasteiger partial charge in [-0.3, -0.25) is 0 Å². The van der Waals surface area contributed by atoms with Crippen LogP contribution in [-0.4, -0.2) is 51.8 Å². The molecule has 130 valence electrons. The first kappa shape index (κ1) is 19.3. The standard InChI is InChI=1S/C13H21N3.C2HF3O2/c1-10(2)8-16-6-4-12-11(3)14-9-15-13(12)5-7-16;3-2(4,5)1(6)7/h9-10H,4-8H2,1-3H3;(H,6,7). The molecule has 0 aromatic carbocycles. The first-order valence-corrected chi connectivity index (χ1v) is 7.43. The summed E-state index contributed by atoms with van der Waals surface area (Å²) in [5, 5.41) is 7.12. The number of nitrogens with zero attached hydrogens (tertiary/aromatic N) is 3. The number of hydrogen-bond donors (Lipinski definition) is 1. The van der Waals surface area contributed by atoms with Gasteiger partial charge >= 0.3 is 12.1 Å². The molecule has 1 aliphatic rings. The molecule has 1 aromatic rings. The van der Waals surface area contributed by atoms with E-state index in [4.69, 9.17) is 9.90 Å². The van der Waals surface area contributed by atoms with Crippen LogP contribution in [0.25, 0.3) is 0 Å². The Morgan fingerprint density at radius 3 is 2.39 bits per heavy atom. The van der Waals surface area contributed by atoms with Gasteiger partial charge in [-0.2, -0.15) is 13.2 Å². The van der Waals surface area contributed by atoms with Crippen LogP contribution < -0.4 is 0 Å². The van der Waals surface area contributed by atoms with Crippen molar-refractivity contribution in [2.45, 2.75) is 39.8 Å². The minimum atomic E-state index is -5.08. The number of rotatable bonds is 2. The predicted octanol–water partition coefficient (Wildman–Crippen LogP) is 2.47. The predicted molar refractivity (Wildman–Crippen MR) is 79.1 cm³/mol. The Bertz CT molecular complexity index is 533. The quantitative estimate of drug-likeness (QED) is 0.901. The fourth-order valence-corrected chi connectivity index (χ4v) is 2.44. The van der Waals surface area contributed by atoms with E-state index < -0.39 is 12.1 Å². The van der Waals surface area contributed by atoms with Crippen molar-refractivity contribution < 1.29 is 23.1 Å². The van der Waals surface area contributed by atoms with Crippen molar-refractivity contribution in [3.8, 4) is 0 Å². The third-order valence-corrected chi connectivity index (χ3v) is 3.46. The molecular weight excluding hydrogens is 311 g/mol. The Hall–Kier alpha value is -1.70. The van der Waals surface area contributed by atoms with E-state index in [0.29, 0.717) is 0 Å². The lowest BCUT2D eigenvalue weighted by atomic mass is 10.1. The molecule has 0 radical (unpaired) electrons. The molecule has 0 unspecified atom stereocenters. The third-order valence-electron chi connectivity index (χ3n) is 3.46. The van der Waals surface area contributed by atoms with Crippen LogP contribution in [0.3, 0.4) is 0 Å². The molecule has 8 heteroatoms. The van der Waals surface area contributed by atoms with Gasteiger partial charge in [0.25, 0.3) is 0 Å². The molecule has 2 heterocycles. The van der Waals surface area contributed by atoms with Crippen LogP contribution in [0.4, 0.5) is 13.2 Å². The molecular formula is C15H22F3N3O2. The molecule has 1 aromatic heterocycles. The Labute approximate surface area is 133 Å². The molecule has 2 rings (SSSR count). The molecule has 0 saturated carbocycles. The highest BCUT2D eigenvalue weighted by Gasteiger charge is 2.38. The van der Waals surface area contributed by atoms with Crippen LogP contribution in [0.15, 0.2) is 6.33 Å². The first-order valence-electron chi connectivity index (χ1n) is 7.43. The minimum absolute atomic E-state index is 0.744. The molecule has 5 nitrogen and oxygen atoms in total. The summed E-state index contributed by atoms with van der Waals surface area (Å²) in [5.74, 6) is -2.01. The second-order valence-electron chi connectivity index (χ2n) is 5.88. The molecule has 1 N–H and O–H groups in total. The fraction of sp³-hybridized carbons (Fsp3) is 0.667. The Kier molecular flexibility index (Phi) is 6.93. The van der Waals surface area contributed by atoms with Crippen molar-refractivity contribution in [3.63, 3.8) is 0 Å². The van der Waals surface area contributed by atoms with Crippen molar-refractivity contribution in [2.75, 3.05) is 19.6 Å². The van der Waals surface area contributed by atoms with Gasteiger partial charge in [-0.1, -0.05) is 13.8 Å². The van der Waals surface area contributed by atoms with Crippen LogP contribution >= 0.6 is 0 Å². The number of hydrogen-bond acceptors (Lipinski definition) is 4. The zero-order valence-corrected chi connectivity index (χ0v) is 13.5. The van der Waals surface area contributed by atoms with Gasteiger partial charge in [0, 0.05) is 37.4 Å². The SMILES string of the molecule is Cc1ncnc2c1CCN(CC(C)C)CC2.O=C(O)C(F)(F)F. The number of alkyl halides is 3. The monoisotopic (exact) mass is 333 g/mol. The average molecular weight is 333 g/mol. The maximum Gasteiger partial charge on any atom is 0.490 e. The van der Waals surface area contributed by atoms with E-state index in [1.54, 1.807) is 6.33 Å². The summed E-state index contributed by atoms with van der Waals surface area (Å²) in [6, 6.07) is 0. The van der Waals surface area contributed by atoms with Crippen LogP contribution in [0.5, 0.6) is 0 Å². The van der Waals surface area contributed by atoms with Crippen LogP contribution in [0.1, 0.15) is 30.8 Å². The number of fused-ring (bicyclic) bond motifs is 1. The molecule has 23 heavy (non-hydrogen) atoms. The van der Waals surface area contributed by atoms with Crippen molar-refractivity contribution in [3.05, 3.63) is 23.3 Å². The number of aliphatic carboxylic acids is 1. The number of halogens is 3. The van der Waals surface area contributed by atoms with E-state index in [1.807, 2.05) is 0 Å². The lowest BCUT2D eigenvalue weighted by molar-refractivity contribution is -0.192. The van der Waals surface area contributed by atoms with E-state index in [1.165, 1.54) is 17.8 Å². The maximum atomic E-state index is 10.6. The van der Waals surface area contributed by atoms with Gasteiger partial charge in [0.05, 0.1) is 0 Å². The van der Waals surface area contributed by atoms with E-state index in [9.17, 15) is 13.2 Å².